The van der Waals surface area contributed by atoms with E-state index in [1.165, 1.54) is 11.4 Å². The number of amidine groups is 1. The van der Waals surface area contributed by atoms with Crippen molar-refractivity contribution < 1.29 is 0 Å². The van der Waals surface area contributed by atoms with Gasteiger partial charge in [-0.05, 0) is 12.3 Å². The lowest BCUT2D eigenvalue weighted by Gasteiger charge is -2.15. The molecular weight excluding hydrogens is 200 g/mol. The van der Waals surface area contributed by atoms with Crippen molar-refractivity contribution in [2.24, 2.45) is 22.7 Å². The maximum absolute atomic E-state index is 5.50. The average Bonchev–Trinajstić information content (AvgIpc) is 2.34. The third-order valence-corrected chi connectivity index (χ3v) is 2.11. The monoisotopic (exact) mass is 232 g/mol. The molecule has 0 radical (unpaired) electrons. The first-order valence-electron chi connectivity index (χ1n) is 6.37. The quantitative estimate of drug-likeness (QED) is 0.339. The highest BCUT2D eigenvalue weighted by Crippen LogP contribution is 2.09. The van der Waals surface area contributed by atoms with E-state index in [9.17, 15) is 0 Å². The molecule has 0 aliphatic carbocycles. The molecular formula is C12H32N4. The van der Waals surface area contributed by atoms with E-state index in [1.54, 1.807) is 7.05 Å². The summed E-state index contributed by atoms with van der Waals surface area (Å²) in [4.78, 5) is 0. The predicted molar refractivity (Wildman–Crippen MR) is 75.0 cm³/mol. The molecule has 16 heavy (non-hydrogen) atoms. The molecule has 0 aromatic carbocycles. The Morgan fingerprint density at radius 2 is 1.69 bits per heavy atom. The lowest BCUT2D eigenvalue weighted by Crippen LogP contribution is -2.34. The second-order valence-electron chi connectivity index (χ2n) is 3.21. The highest BCUT2D eigenvalue weighted by molar-refractivity contribution is 5.81. The standard InChI is InChI=1S/C8H20N4.2C2H6/c1-4-7(2)5-6-8(11-9)12(3)10;2*1-2/h7H,4-6,9-10H2,1-3H3;2*1-2H3/b11-8-;;. The summed E-state index contributed by atoms with van der Waals surface area (Å²) >= 11 is 0. The molecule has 0 saturated heterocycles. The SMILES string of the molecule is CC.CC.CCC(C)CC/C(=N/N)N(C)N. The average molecular weight is 232 g/mol. The molecule has 0 spiro atoms. The Balaban J connectivity index is -0.000000376. The van der Waals surface area contributed by atoms with Gasteiger partial charge in [0.1, 0.15) is 5.84 Å². The van der Waals surface area contributed by atoms with Crippen molar-refractivity contribution in [3.63, 3.8) is 0 Å². The van der Waals surface area contributed by atoms with Crippen LogP contribution in [-0.2, 0) is 0 Å². The van der Waals surface area contributed by atoms with Crippen LogP contribution in [-0.4, -0.2) is 17.9 Å². The second-order valence-corrected chi connectivity index (χ2v) is 3.21. The van der Waals surface area contributed by atoms with E-state index in [4.69, 9.17) is 11.7 Å². The van der Waals surface area contributed by atoms with E-state index in [0.29, 0.717) is 5.92 Å². The minimum Gasteiger partial charge on any atom is -0.322 e. The molecule has 0 aliphatic heterocycles. The van der Waals surface area contributed by atoms with E-state index >= 15 is 0 Å². The normalized spacial score (nSPS) is 11.6. The van der Waals surface area contributed by atoms with Crippen LogP contribution in [0.25, 0.3) is 0 Å². The fourth-order valence-electron chi connectivity index (χ4n) is 0.912. The van der Waals surface area contributed by atoms with Gasteiger partial charge in [-0.1, -0.05) is 48.0 Å². The van der Waals surface area contributed by atoms with Gasteiger partial charge in [-0.3, -0.25) is 0 Å². The van der Waals surface area contributed by atoms with Crippen LogP contribution in [0, 0.1) is 5.92 Å². The third-order valence-electron chi connectivity index (χ3n) is 2.11. The van der Waals surface area contributed by atoms with Gasteiger partial charge in [0.2, 0.25) is 0 Å². The molecule has 4 nitrogen and oxygen atoms in total. The first-order chi connectivity index (χ1) is 7.61. The largest absolute Gasteiger partial charge is 0.322 e. The van der Waals surface area contributed by atoms with E-state index in [1.807, 2.05) is 27.7 Å². The highest BCUT2D eigenvalue weighted by Gasteiger charge is 2.05. The molecule has 0 saturated carbocycles. The predicted octanol–water partition coefficient (Wildman–Crippen LogP) is 2.94. The second kappa shape index (κ2) is 16.7. The summed E-state index contributed by atoms with van der Waals surface area (Å²) < 4.78 is 0. The van der Waals surface area contributed by atoms with Crippen LogP contribution in [0.3, 0.4) is 0 Å². The van der Waals surface area contributed by atoms with E-state index in [-0.39, 0.29) is 0 Å². The molecule has 4 heteroatoms. The molecule has 4 N–H and O–H groups in total. The van der Waals surface area contributed by atoms with Crippen molar-refractivity contribution in [1.82, 2.24) is 5.01 Å². The Morgan fingerprint density at radius 1 is 1.25 bits per heavy atom. The zero-order valence-corrected chi connectivity index (χ0v) is 12.2. The smallest absolute Gasteiger partial charge is 0.138 e. The van der Waals surface area contributed by atoms with Crippen LogP contribution in [0.2, 0.25) is 0 Å². The minimum absolute atomic E-state index is 0.710. The Morgan fingerprint density at radius 3 is 1.94 bits per heavy atom. The number of hydrazine groups is 1. The molecule has 0 bridgehead atoms. The van der Waals surface area contributed by atoms with Crippen molar-refractivity contribution >= 4 is 5.84 Å². The number of hydrazone groups is 1. The topological polar surface area (TPSA) is 67.6 Å². The fourth-order valence-corrected chi connectivity index (χ4v) is 0.912. The summed E-state index contributed by atoms with van der Waals surface area (Å²) in [5, 5.41) is 5.09. The Labute approximate surface area is 102 Å². The van der Waals surface area contributed by atoms with E-state index in [2.05, 4.69) is 18.9 Å². The summed E-state index contributed by atoms with van der Waals surface area (Å²) in [6, 6.07) is 0. The molecule has 100 valence electrons. The summed E-state index contributed by atoms with van der Waals surface area (Å²) in [6.45, 7) is 12.4. The van der Waals surface area contributed by atoms with Gasteiger partial charge in [0, 0.05) is 13.5 Å². The van der Waals surface area contributed by atoms with Gasteiger partial charge >= 0.3 is 0 Å². The third kappa shape index (κ3) is 13.2. The van der Waals surface area contributed by atoms with E-state index in [0.717, 1.165) is 18.7 Å². The van der Waals surface area contributed by atoms with Crippen LogP contribution < -0.4 is 11.7 Å². The van der Waals surface area contributed by atoms with Gasteiger partial charge in [-0.2, -0.15) is 5.10 Å². The van der Waals surface area contributed by atoms with E-state index < -0.39 is 0 Å². The molecule has 0 heterocycles. The molecule has 0 aliphatic rings. The van der Waals surface area contributed by atoms with Gasteiger partial charge in [0.25, 0.3) is 0 Å². The lowest BCUT2D eigenvalue weighted by atomic mass is 10.0. The Kier molecular flexibility index (Phi) is 21.5. The van der Waals surface area contributed by atoms with Crippen molar-refractivity contribution in [3.05, 3.63) is 0 Å². The number of hydrogen-bond donors (Lipinski definition) is 2. The molecule has 0 aromatic heterocycles. The van der Waals surface area contributed by atoms with Gasteiger partial charge in [0.05, 0.1) is 0 Å². The van der Waals surface area contributed by atoms with Crippen LogP contribution in [0.1, 0.15) is 60.8 Å². The summed E-state index contributed by atoms with van der Waals surface area (Å²) in [5.74, 6) is 12.1. The zero-order chi connectivity index (χ0) is 13.6. The number of rotatable bonds is 4. The first kappa shape index (κ1) is 20.6. The fraction of sp³-hybridized carbons (Fsp3) is 0.917. The molecule has 0 fully saturated rings. The molecule has 0 aromatic rings. The molecule has 0 amide bonds. The van der Waals surface area contributed by atoms with Crippen LogP contribution >= 0.6 is 0 Å². The highest BCUT2D eigenvalue weighted by atomic mass is 15.4. The summed E-state index contributed by atoms with van der Waals surface area (Å²) in [5.41, 5.74) is 0. The zero-order valence-electron chi connectivity index (χ0n) is 12.2. The van der Waals surface area contributed by atoms with Crippen molar-refractivity contribution in [1.29, 1.82) is 0 Å². The van der Waals surface area contributed by atoms with Gasteiger partial charge in [-0.25, -0.2) is 5.84 Å². The molecule has 0 rings (SSSR count). The van der Waals surface area contributed by atoms with Crippen LogP contribution in [0.5, 0.6) is 0 Å². The summed E-state index contributed by atoms with van der Waals surface area (Å²) in [6.07, 6.45) is 3.14. The van der Waals surface area contributed by atoms with Crippen LogP contribution in [0.4, 0.5) is 0 Å². The maximum atomic E-state index is 5.50. The first-order valence-corrected chi connectivity index (χ1v) is 6.37. The molecule has 1 atom stereocenters. The van der Waals surface area contributed by atoms with Crippen molar-refractivity contribution in [2.75, 3.05) is 7.05 Å². The lowest BCUT2D eigenvalue weighted by molar-refractivity contribution is 0.482. The number of nitrogens with two attached hydrogens (primary N) is 2. The maximum Gasteiger partial charge on any atom is 0.138 e. The van der Waals surface area contributed by atoms with Crippen molar-refractivity contribution in [3.8, 4) is 0 Å². The van der Waals surface area contributed by atoms with Crippen molar-refractivity contribution in [2.45, 2.75) is 60.8 Å². The molecule has 1 unspecified atom stereocenters. The Hall–Kier alpha value is -0.770. The number of nitrogens with zero attached hydrogens (tertiary/aromatic N) is 2. The van der Waals surface area contributed by atoms with Crippen LogP contribution in [0.15, 0.2) is 5.10 Å². The number of hydrogen-bond acceptors (Lipinski definition) is 3. The van der Waals surface area contributed by atoms with Gasteiger partial charge in [0.15, 0.2) is 0 Å². The minimum atomic E-state index is 0.710. The Bertz CT molecular complexity index is 144. The van der Waals surface area contributed by atoms with Gasteiger partial charge in [-0.15, -0.1) is 0 Å². The summed E-state index contributed by atoms with van der Waals surface area (Å²) in [7, 11) is 1.75. The van der Waals surface area contributed by atoms with Gasteiger partial charge < -0.3 is 10.9 Å².